The van der Waals surface area contributed by atoms with E-state index < -0.39 is 56.9 Å². The van der Waals surface area contributed by atoms with Crippen molar-refractivity contribution in [3.05, 3.63) is 94.5 Å². The van der Waals surface area contributed by atoms with Crippen molar-refractivity contribution < 1.29 is 31.2 Å². The number of sulfonamides is 1. The summed E-state index contributed by atoms with van der Waals surface area (Å²) in [5.74, 6) is -1.26. The highest BCUT2D eigenvalue weighted by Crippen LogP contribution is 2.38. The normalized spacial score (nSPS) is 12.6. The number of rotatable bonds is 10. The van der Waals surface area contributed by atoms with Gasteiger partial charge in [-0.2, -0.15) is 13.2 Å². The smallest absolute Gasteiger partial charge is 0.352 e. The fraction of sp³-hybridized carbons (Fsp3) is 0.310. The number of carbonyl (C=O) groups excluding carboxylic acids is 2. The van der Waals surface area contributed by atoms with Crippen LogP contribution < -0.4 is 9.62 Å². The molecule has 0 heterocycles. The summed E-state index contributed by atoms with van der Waals surface area (Å²) in [4.78, 5) is 27.8. The first kappa shape index (κ1) is 32.0. The number of nitrogens with zero attached hydrogens (tertiary/aromatic N) is 2. The predicted octanol–water partition coefficient (Wildman–Crippen LogP) is 5.80. The van der Waals surface area contributed by atoms with Crippen LogP contribution in [0.1, 0.15) is 37.5 Å². The quantitative estimate of drug-likeness (QED) is 0.315. The number of anilines is 1. The van der Waals surface area contributed by atoms with Crippen LogP contribution in [-0.2, 0) is 32.3 Å². The van der Waals surface area contributed by atoms with Crippen molar-refractivity contribution in [3.8, 4) is 0 Å². The van der Waals surface area contributed by atoms with Gasteiger partial charge >= 0.3 is 6.18 Å². The van der Waals surface area contributed by atoms with Crippen molar-refractivity contribution in [3.63, 3.8) is 0 Å². The summed E-state index contributed by atoms with van der Waals surface area (Å²) in [6.45, 7) is 5.94. The van der Waals surface area contributed by atoms with E-state index in [0.717, 1.165) is 17.7 Å². The molecule has 0 aliphatic heterocycles. The van der Waals surface area contributed by atoms with Crippen molar-refractivity contribution in [2.24, 2.45) is 0 Å². The number of hydrogen-bond acceptors (Lipinski definition) is 4. The van der Waals surface area contributed by atoms with Crippen LogP contribution in [0.2, 0.25) is 5.02 Å². The number of carbonyl (C=O) groups is 2. The predicted molar refractivity (Wildman–Crippen MR) is 152 cm³/mol. The lowest BCUT2D eigenvalue weighted by atomic mass is 10.1. The molecule has 1 unspecified atom stereocenters. The van der Waals surface area contributed by atoms with Gasteiger partial charge in [0.15, 0.2) is 0 Å². The molecule has 0 aliphatic rings. The lowest BCUT2D eigenvalue weighted by Gasteiger charge is -2.32. The highest BCUT2D eigenvalue weighted by Gasteiger charge is 2.37. The van der Waals surface area contributed by atoms with Crippen molar-refractivity contribution in [2.75, 3.05) is 10.8 Å². The molecule has 12 heteroatoms. The van der Waals surface area contributed by atoms with E-state index in [0.29, 0.717) is 15.9 Å². The summed E-state index contributed by atoms with van der Waals surface area (Å²) < 4.78 is 69.3. The van der Waals surface area contributed by atoms with Crippen LogP contribution in [0, 0.1) is 6.92 Å². The molecule has 2 amide bonds. The Bertz CT molecular complexity index is 1500. The first-order valence-corrected chi connectivity index (χ1v) is 14.5. The van der Waals surface area contributed by atoms with Crippen molar-refractivity contribution in [1.29, 1.82) is 0 Å². The summed E-state index contributed by atoms with van der Waals surface area (Å²) in [6, 6.07) is 15.6. The molecule has 3 aromatic carbocycles. The average molecular weight is 610 g/mol. The van der Waals surface area contributed by atoms with Gasteiger partial charge in [0.25, 0.3) is 10.0 Å². The van der Waals surface area contributed by atoms with Gasteiger partial charge in [-0.3, -0.25) is 13.9 Å². The monoisotopic (exact) mass is 609 g/mol. The largest absolute Gasteiger partial charge is 0.417 e. The number of hydrogen-bond donors (Lipinski definition) is 1. The van der Waals surface area contributed by atoms with E-state index in [-0.39, 0.29) is 17.5 Å². The van der Waals surface area contributed by atoms with Crippen molar-refractivity contribution >= 4 is 39.1 Å². The van der Waals surface area contributed by atoms with E-state index >= 15 is 0 Å². The summed E-state index contributed by atoms with van der Waals surface area (Å²) in [7, 11) is -4.53. The molecule has 7 nitrogen and oxygen atoms in total. The second-order valence-electron chi connectivity index (χ2n) is 9.77. The Morgan fingerprint density at radius 2 is 1.56 bits per heavy atom. The Hall–Kier alpha value is -3.57. The van der Waals surface area contributed by atoms with Crippen LogP contribution in [0.15, 0.2) is 77.7 Å². The SMILES string of the molecule is Cc1ccccc1CN(C(=O)CN(c1ccc(Cl)c(C(F)(F)F)c1)S(=O)(=O)c1ccccc1)C(C)C(=O)NC(C)C. The molecule has 0 aromatic heterocycles. The molecule has 220 valence electrons. The second kappa shape index (κ2) is 12.9. The molecular formula is C29H31ClF3N3O4S. The third kappa shape index (κ3) is 7.80. The summed E-state index contributed by atoms with van der Waals surface area (Å²) in [6.07, 6.45) is -4.88. The van der Waals surface area contributed by atoms with Crippen LogP contribution in [-0.4, -0.2) is 43.8 Å². The highest BCUT2D eigenvalue weighted by atomic mass is 35.5. The third-order valence-electron chi connectivity index (χ3n) is 6.35. The molecule has 0 fully saturated rings. The fourth-order valence-electron chi connectivity index (χ4n) is 4.09. The molecule has 0 radical (unpaired) electrons. The molecule has 0 spiro atoms. The lowest BCUT2D eigenvalue weighted by molar-refractivity contribution is -0.139. The van der Waals surface area contributed by atoms with Crippen LogP contribution in [0.3, 0.4) is 0 Å². The van der Waals surface area contributed by atoms with E-state index in [2.05, 4.69) is 5.32 Å². The maximum Gasteiger partial charge on any atom is 0.417 e. The number of halogens is 4. The van der Waals surface area contributed by atoms with E-state index in [1.165, 1.54) is 36.1 Å². The Morgan fingerprint density at radius 1 is 0.951 bits per heavy atom. The molecule has 41 heavy (non-hydrogen) atoms. The summed E-state index contributed by atoms with van der Waals surface area (Å²) in [5, 5.41) is 2.12. The van der Waals surface area contributed by atoms with Gasteiger partial charge in [-0.25, -0.2) is 8.42 Å². The van der Waals surface area contributed by atoms with E-state index in [1.54, 1.807) is 32.0 Å². The van der Waals surface area contributed by atoms with Crippen LogP contribution in [0.5, 0.6) is 0 Å². The molecule has 0 saturated heterocycles. The first-order chi connectivity index (χ1) is 19.1. The van der Waals surface area contributed by atoms with Gasteiger partial charge in [-0.15, -0.1) is 0 Å². The topological polar surface area (TPSA) is 86.8 Å². The van der Waals surface area contributed by atoms with Crippen LogP contribution in [0.25, 0.3) is 0 Å². The van der Waals surface area contributed by atoms with E-state index in [4.69, 9.17) is 11.6 Å². The summed E-state index contributed by atoms with van der Waals surface area (Å²) >= 11 is 5.79. The number of aryl methyl sites for hydroxylation is 1. The molecule has 0 aliphatic carbocycles. The van der Waals surface area contributed by atoms with Gasteiger partial charge in [-0.05, 0) is 69.2 Å². The van der Waals surface area contributed by atoms with Gasteiger partial charge in [0.1, 0.15) is 12.6 Å². The minimum absolute atomic E-state index is 0.0359. The molecule has 0 saturated carbocycles. The van der Waals surface area contributed by atoms with Gasteiger partial charge in [0.05, 0.1) is 21.2 Å². The molecular weight excluding hydrogens is 579 g/mol. The van der Waals surface area contributed by atoms with Gasteiger partial charge < -0.3 is 10.2 Å². The zero-order valence-corrected chi connectivity index (χ0v) is 24.5. The maximum absolute atomic E-state index is 13.9. The maximum atomic E-state index is 13.9. The molecule has 3 rings (SSSR count). The lowest BCUT2D eigenvalue weighted by Crippen LogP contribution is -2.52. The average Bonchev–Trinajstić information content (AvgIpc) is 2.90. The Morgan fingerprint density at radius 3 is 2.15 bits per heavy atom. The van der Waals surface area contributed by atoms with Crippen molar-refractivity contribution in [2.45, 2.75) is 57.4 Å². The highest BCUT2D eigenvalue weighted by molar-refractivity contribution is 7.92. The van der Waals surface area contributed by atoms with Crippen LogP contribution >= 0.6 is 11.6 Å². The van der Waals surface area contributed by atoms with E-state index in [9.17, 15) is 31.2 Å². The van der Waals surface area contributed by atoms with Gasteiger partial charge in [0, 0.05) is 12.6 Å². The molecule has 1 N–H and O–H groups in total. The molecule has 0 bridgehead atoms. The number of amides is 2. The molecule has 3 aromatic rings. The third-order valence-corrected chi connectivity index (χ3v) is 8.47. The Balaban J connectivity index is 2.12. The van der Waals surface area contributed by atoms with Gasteiger partial charge in [-0.1, -0.05) is 54.1 Å². The Kier molecular flexibility index (Phi) is 10.1. The molecule has 1 atom stereocenters. The Labute approximate surface area is 243 Å². The summed E-state index contributed by atoms with van der Waals surface area (Å²) in [5.41, 5.74) is -0.107. The first-order valence-electron chi connectivity index (χ1n) is 12.7. The minimum atomic E-state index is -4.88. The van der Waals surface area contributed by atoms with E-state index in [1.807, 2.05) is 19.1 Å². The van der Waals surface area contributed by atoms with Gasteiger partial charge in [0.2, 0.25) is 11.8 Å². The van der Waals surface area contributed by atoms with Crippen LogP contribution in [0.4, 0.5) is 18.9 Å². The standard InChI is InChI=1S/C29H31ClF3N3O4S/c1-19(2)34-28(38)21(4)35(17-22-11-9-8-10-20(22)3)27(37)18-36(41(39,40)24-12-6-5-7-13-24)23-14-15-26(30)25(16-23)29(31,32)33/h5-16,19,21H,17-18H2,1-4H3,(H,34,38). The number of nitrogens with one attached hydrogen (secondary N) is 1. The van der Waals surface area contributed by atoms with Crippen molar-refractivity contribution in [1.82, 2.24) is 10.2 Å². The minimum Gasteiger partial charge on any atom is -0.352 e. The second-order valence-corrected chi connectivity index (χ2v) is 12.0. The zero-order chi connectivity index (χ0) is 30.5. The number of alkyl halides is 3. The fourth-order valence-corrected chi connectivity index (χ4v) is 5.74. The number of benzene rings is 3. The zero-order valence-electron chi connectivity index (χ0n) is 22.9.